The fourth-order valence-electron chi connectivity index (χ4n) is 1.16. The molecule has 16 heavy (non-hydrogen) atoms. The fourth-order valence-corrected chi connectivity index (χ4v) is 3.62. The van der Waals surface area contributed by atoms with Gasteiger partial charge >= 0.3 is 0 Å². The summed E-state index contributed by atoms with van der Waals surface area (Å²) < 4.78 is 1.06. The molecule has 0 unspecified atom stereocenters. The quantitative estimate of drug-likeness (QED) is 0.886. The summed E-state index contributed by atoms with van der Waals surface area (Å²) in [6.45, 7) is 1.93. The number of rotatable bonds is 2. The van der Waals surface area contributed by atoms with Crippen molar-refractivity contribution < 1.29 is 0 Å². The molecule has 84 valence electrons. The SMILES string of the molecule is Cc1nc(N)sc1Sc1ccc(Cl)cc1Cl. The van der Waals surface area contributed by atoms with Gasteiger partial charge in [-0.1, -0.05) is 46.3 Å². The predicted octanol–water partition coefficient (Wildman–Crippen LogP) is 4.49. The van der Waals surface area contributed by atoms with Gasteiger partial charge in [-0.25, -0.2) is 4.98 Å². The molecule has 0 aliphatic rings. The van der Waals surface area contributed by atoms with Crippen molar-refractivity contribution >= 4 is 51.4 Å². The molecule has 0 aliphatic heterocycles. The molecule has 0 radical (unpaired) electrons. The van der Waals surface area contributed by atoms with Crippen LogP contribution < -0.4 is 5.73 Å². The zero-order valence-electron chi connectivity index (χ0n) is 8.33. The second-order valence-electron chi connectivity index (χ2n) is 3.10. The second-order valence-corrected chi connectivity index (χ2v) is 6.29. The van der Waals surface area contributed by atoms with Gasteiger partial charge in [0.15, 0.2) is 5.13 Å². The minimum Gasteiger partial charge on any atom is -0.375 e. The molecule has 6 heteroatoms. The molecule has 2 N–H and O–H groups in total. The molecule has 1 aromatic heterocycles. The fraction of sp³-hybridized carbons (Fsp3) is 0.100. The van der Waals surface area contributed by atoms with Gasteiger partial charge in [0.25, 0.3) is 0 Å². The van der Waals surface area contributed by atoms with Crippen molar-refractivity contribution in [3.8, 4) is 0 Å². The lowest BCUT2D eigenvalue weighted by Crippen LogP contribution is -1.80. The van der Waals surface area contributed by atoms with E-state index in [0.29, 0.717) is 15.2 Å². The number of anilines is 1. The number of hydrogen-bond acceptors (Lipinski definition) is 4. The van der Waals surface area contributed by atoms with E-state index in [0.717, 1.165) is 14.8 Å². The third-order valence-corrected chi connectivity index (χ3v) is 4.86. The topological polar surface area (TPSA) is 38.9 Å². The van der Waals surface area contributed by atoms with Crippen LogP contribution in [0, 0.1) is 6.92 Å². The van der Waals surface area contributed by atoms with Gasteiger partial charge in [0.2, 0.25) is 0 Å². The molecule has 0 amide bonds. The molecular formula is C10H8Cl2N2S2. The van der Waals surface area contributed by atoms with Crippen LogP contribution in [0.3, 0.4) is 0 Å². The highest BCUT2D eigenvalue weighted by molar-refractivity contribution is 8.01. The molecule has 0 aliphatic carbocycles. The highest BCUT2D eigenvalue weighted by atomic mass is 35.5. The molecular weight excluding hydrogens is 283 g/mol. The first kappa shape index (κ1) is 12.0. The third-order valence-electron chi connectivity index (χ3n) is 1.87. The van der Waals surface area contributed by atoms with Gasteiger partial charge in [0.05, 0.1) is 14.9 Å². The Kier molecular flexibility index (Phi) is 3.64. The Morgan fingerprint density at radius 2 is 2.12 bits per heavy atom. The van der Waals surface area contributed by atoms with Crippen LogP contribution in [0.4, 0.5) is 5.13 Å². The Morgan fingerprint density at radius 3 is 2.69 bits per heavy atom. The summed E-state index contributed by atoms with van der Waals surface area (Å²) in [7, 11) is 0. The van der Waals surface area contributed by atoms with Crippen molar-refractivity contribution in [2.75, 3.05) is 5.73 Å². The second kappa shape index (κ2) is 4.84. The number of nitrogens with two attached hydrogens (primary N) is 1. The maximum Gasteiger partial charge on any atom is 0.181 e. The van der Waals surface area contributed by atoms with Crippen LogP contribution in [0.5, 0.6) is 0 Å². The van der Waals surface area contributed by atoms with Gasteiger partial charge in [0, 0.05) is 9.92 Å². The van der Waals surface area contributed by atoms with Gasteiger partial charge in [-0.05, 0) is 25.1 Å². The maximum atomic E-state index is 6.09. The molecule has 2 rings (SSSR count). The van der Waals surface area contributed by atoms with Crippen molar-refractivity contribution in [3.63, 3.8) is 0 Å². The highest BCUT2D eigenvalue weighted by Crippen LogP contribution is 2.39. The van der Waals surface area contributed by atoms with Crippen molar-refractivity contribution in [1.29, 1.82) is 0 Å². The van der Waals surface area contributed by atoms with Crippen LogP contribution in [0.1, 0.15) is 5.69 Å². The number of aryl methyl sites for hydroxylation is 1. The summed E-state index contributed by atoms with van der Waals surface area (Å²) in [6, 6.07) is 5.44. The lowest BCUT2D eigenvalue weighted by molar-refractivity contribution is 1.21. The van der Waals surface area contributed by atoms with Crippen LogP contribution in [0.25, 0.3) is 0 Å². The normalized spacial score (nSPS) is 10.7. The van der Waals surface area contributed by atoms with E-state index in [-0.39, 0.29) is 0 Å². The van der Waals surface area contributed by atoms with E-state index >= 15 is 0 Å². The standard InChI is InChI=1S/C10H8Cl2N2S2/c1-5-9(16-10(13)14-5)15-8-3-2-6(11)4-7(8)12/h2-4H,1H3,(H2,13,14). The molecule has 2 nitrogen and oxygen atoms in total. The van der Waals surface area contributed by atoms with Gasteiger partial charge in [-0.3, -0.25) is 0 Å². The molecule has 1 aromatic carbocycles. The molecule has 0 spiro atoms. The molecule has 1 heterocycles. The zero-order valence-corrected chi connectivity index (χ0v) is 11.5. The number of hydrogen-bond donors (Lipinski definition) is 1. The van der Waals surface area contributed by atoms with Gasteiger partial charge in [-0.15, -0.1) is 0 Å². The predicted molar refractivity (Wildman–Crippen MR) is 71.8 cm³/mol. The van der Waals surface area contributed by atoms with E-state index in [1.807, 2.05) is 19.1 Å². The summed E-state index contributed by atoms with van der Waals surface area (Å²) in [6.07, 6.45) is 0. The number of aromatic nitrogens is 1. The van der Waals surface area contributed by atoms with E-state index in [1.165, 1.54) is 11.3 Å². The van der Waals surface area contributed by atoms with Crippen LogP contribution >= 0.6 is 46.3 Å². The number of halogens is 2. The molecule has 0 bridgehead atoms. The molecule has 2 aromatic rings. The smallest absolute Gasteiger partial charge is 0.181 e. The maximum absolute atomic E-state index is 6.09. The number of benzene rings is 1. The highest BCUT2D eigenvalue weighted by Gasteiger charge is 2.09. The van der Waals surface area contributed by atoms with E-state index in [1.54, 1.807) is 17.8 Å². The van der Waals surface area contributed by atoms with Crippen molar-refractivity contribution in [2.24, 2.45) is 0 Å². The minimum atomic E-state index is 0.574. The summed E-state index contributed by atoms with van der Waals surface area (Å²) in [5.74, 6) is 0. The van der Waals surface area contributed by atoms with Crippen molar-refractivity contribution in [3.05, 3.63) is 33.9 Å². The zero-order chi connectivity index (χ0) is 11.7. The van der Waals surface area contributed by atoms with Crippen LogP contribution in [-0.2, 0) is 0 Å². The average Bonchev–Trinajstić information content (AvgIpc) is 2.50. The first-order valence-electron chi connectivity index (χ1n) is 4.42. The van der Waals surface area contributed by atoms with Gasteiger partial charge in [0.1, 0.15) is 0 Å². The van der Waals surface area contributed by atoms with E-state index in [9.17, 15) is 0 Å². The molecule has 0 atom stereocenters. The number of nitrogens with zero attached hydrogens (tertiary/aromatic N) is 1. The lowest BCUT2D eigenvalue weighted by atomic mass is 10.4. The van der Waals surface area contributed by atoms with Crippen LogP contribution in [-0.4, -0.2) is 4.98 Å². The van der Waals surface area contributed by atoms with Crippen molar-refractivity contribution in [2.45, 2.75) is 16.0 Å². The van der Waals surface area contributed by atoms with Crippen LogP contribution in [0.15, 0.2) is 27.3 Å². The Bertz CT molecular complexity index is 526. The molecule has 0 fully saturated rings. The minimum absolute atomic E-state index is 0.574. The summed E-state index contributed by atoms with van der Waals surface area (Å²) in [5.41, 5.74) is 6.56. The largest absolute Gasteiger partial charge is 0.375 e. The average molecular weight is 291 g/mol. The van der Waals surface area contributed by atoms with E-state index in [2.05, 4.69) is 4.98 Å². The summed E-state index contributed by atoms with van der Waals surface area (Å²) in [4.78, 5) is 5.12. The van der Waals surface area contributed by atoms with Gasteiger partial charge in [-0.2, -0.15) is 0 Å². The lowest BCUT2D eigenvalue weighted by Gasteiger charge is -2.02. The van der Waals surface area contributed by atoms with E-state index < -0.39 is 0 Å². The molecule has 0 saturated carbocycles. The number of thiazole rings is 1. The van der Waals surface area contributed by atoms with Crippen molar-refractivity contribution in [1.82, 2.24) is 4.98 Å². The monoisotopic (exact) mass is 290 g/mol. The number of nitrogen functional groups attached to an aromatic ring is 1. The Labute approximate surface area is 112 Å². The van der Waals surface area contributed by atoms with Crippen LogP contribution in [0.2, 0.25) is 10.0 Å². The first-order valence-corrected chi connectivity index (χ1v) is 6.81. The summed E-state index contributed by atoms with van der Waals surface area (Å²) in [5, 5.41) is 1.85. The van der Waals surface area contributed by atoms with Gasteiger partial charge < -0.3 is 5.73 Å². The Hall–Kier alpha value is -0.420. The first-order chi connectivity index (χ1) is 7.56. The Morgan fingerprint density at radius 1 is 1.38 bits per heavy atom. The third kappa shape index (κ3) is 2.63. The Balaban J connectivity index is 2.30. The van der Waals surface area contributed by atoms with E-state index in [4.69, 9.17) is 28.9 Å². The molecule has 0 saturated heterocycles. The summed E-state index contributed by atoms with van der Waals surface area (Å²) >= 11 is 14.9.